The molecular weight excluding hydrogens is 438 g/mol. The molecule has 0 spiro atoms. The normalized spacial score (nSPS) is 25.9. The molecule has 5 atom stereocenters. The Morgan fingerprint density at radius 3 is 1.91 bits per heavy atom. The average molecular weight is 472 g/mol. The van der Waals surface area contributed by atoms with Gasteiger partial charge in [-0.25, -0.2) is 4.79 Å². The van der Waals surface area contributed by atoms with E-state index in [9.17, 15) is 4.79 Å². The Bertz CT molecular complexity index is 1080. The first-order chi connectivity index (χ1) is 17.2. The molecule has 0 bridgehead atoms. The van der Waals surface area contributed by atoms with Crippen LogP contribution in [-0.2, 0) is 27.4 Å². The van der Waals surface area contributed by atoms with Gasteiger partial charge in [-0.3, -0.25) is 4.90 Å². The van der Waals surface area contributed by atoms with Gasteiger partial charge in [0.15, 0.2) is 0 Å². The van der Waals surface area contributed by atoms with E-state index in [0.29, 0.717) is 24.8 Å². The molecule has 0 unspecified atom stereocenters. The number of hydrogen-bond donors (Lipinski definition) is 0. The van der Waals surface area contributed by atoms with E-state index in [-0.39, 0.29) is 36.9 Å². The van der Waals surface area contributed by atoms with Crippen molar-refractivity contribution in [2.45, 2.75) is 63.3 Å². The molecule has 2 aliphatic rings. The van der Waals surface area contributed by atoms with Crippen molar-refractivity contribution in [3.63, 3.8) is 0 Å². The Hall–Kier alpha value is -2.99. The molecule has 0 saturated carbocycles. The van der Waals surface area contributed by atoms with Crippen LogP contribution in [0.4, 0.5) is 0 Å². The van der Waals surface area contributed by atoms with Crippen molar-refractivity contribution in [2.24, 2.45) is 0 Å². The summed E-state index contributed by atoms with van der Waals surface area (Å²) in [7, 11) is 0. The minimum absolute atomic E-state index is 0.0605. The van der Waals surface area contributed by atoms with Gasteiger partial charge in [-0.05, 0) is 43.0 Å². The number of ether oxygens (including phenoxy) is 3. The van der Waals surface area contributed by atoms with Crippen molar-refractivity contribution in [3.05, 3.63) is 108 Å². The summed E-state index contributed by atoms with van der Waals surface area (Å²) in [4.78, 5) is 15.2. The molecule has 0 aromatic heterocycles. The minimum atomic E-state index is -0.301. The Kier molecular flexibility index (Phi) is 7.57. The third-order valence-electron chi connectivity index (χ3n) is 7.20. The Morgan fingerprint density at radius 2 is 1.31 bits per heavy atom. The predicted octanol–water partition coefficient (Wildman–Crippen LogP) is 5.25. The third-order valence-corrected chi connectivity index (χ3v) is 7.20. The summed E-state index contributed by atoms with van der Waals surface area (Å²) in [5, 5.41) is 0. The summed E-state index contributed by atoms with van der Waals surface area (Å²) in [5.41, 5.74) is 2.83. The molecule has 2 fully saturated rings. The maximum Gasteiger partial charge on any atom is 0.338 e. The van der Waals surface area contributed by atoms with Crippen molar-refractivity contribution in [2.75, 3.05) is 6.61 Å². The van der Waals surface area contributed by atoms with E-state index in [0.717, 1.165) is 24.0 Å². The zero-order chi connectivity index (χ0) is 24.0. The number of rotatable bonds is 9. The lowest BCUT2D eigenvalue weighted by atomic mass is 10.0. The molecule has 0 radical (unpaired) electrons. The van der Waals surface area contributed by atoms with E-state index in [1.807, 2.05) is 54.6 Å². The molecule has 35 heavy (non-hydrogen) atoms. The van der Waals surface area contributed by atoms with Crippen LogP contribution in [0.1, 0.15) is 41.3 Å². The highest BCUT2D eigenvalue weighted by Crippen LogP contribution is 2.40. The first kappa shape index (κ1) is 23.7. The zero-order valence-corrected chi connectivity index (χ0v) is 20.2. The van der Waals surface area contributed by atoms with Crippen LogP contribution in [0.5, 0.6) is 0 Å². The Balaban J connectivity index is 1.35. The van der Waals surface area contributed by atoms with Crippen LogP contribution in [0.25, 0.3) is 0 Å². The first-order valence-electron chi connectivity index (χ1n) is 12.5. The zero-order valence-electron chi connectivity index (χ0n) is 20.2. The van der Waals surface area contributed by atoms with Gasteiger partial charge in [-0.1, -0.05) is 78.9 Å². The highest BCUT2D eigenvalue weighted by atomic mass is 16.6. The second kappa shape index (κ2) is 11.2. The maximum absolute atomic E-state index is 12.7. The molecule has 3 aromatic rings. The standard InChI is InChI=1S/C30H33NO4/c1-22-17-18-26-28(33-19-23-11-5-2-6-12-23)29(34-20-24-13-7-3-8-14-24)27(31(22)26)21-35-30(32)25-15-9-4-10-16-25/h2-16,22,26-29H,17-21H2,1H3/t22-,26-,27+,28-,29+/m0/s1. The highest BCUT2D eigenvalue weighted by molar-refractivity contribution is 5.89. The van der Waals surface area contributed by atoms with Gasteiger partial charge in [0.25, 0.3) is 0 Å². The molecule has 2 aliphatic heterocycles. The summed E-state index contributed by atoms with van der Waals surface area (Å²) in [6.07, 6.45) is 1.86. The number of esters is 1. The van der Waals surface area contributed by atoms with Gasteiger partial charge in [0.2, 0.25) is 0 Å². The van der Waals surface area contributed by atoms with Crippen LogP contribution in [-0.4, -0.2) is 47.8 Å². The summed E-state index contributed by atoms with van der Waals surface area (Å²) in [6.45, 7) is 3.56. The molecule has 5 rings (SSSR count). The Labute approximate surface area is 207 Å². The largest absolute Gasteiger partial charge is 0.460 e. The average Bonchev–Trinajstić information content (AvgIpc) is 3.43. The smallest absolute Gasteiger partial charge is 0.338 e. The number of carbonyl (C=O) groups excluding carboxylic acids is 1. The molecule has 182 valence electrons. The lowest BCUT2D eigenvalue weighted by Gasteiger charge is -2.30. The van der Waals surface area contributed by atoms with Gasteiger partial charge in [-0.2, -0.15) is 0 Å². The van der Waals surface area contributed by atoms with Crippen molar-refractivity contribution in [3.8, 4) is 0 Å². The summed E-state index contributed by atoms with van der Waals surface area (Å²) < 4.78 is 19.0. The van der Waals surface area contributed by atoms with Gasteiger partial charge in [0.05, 0.1) is 24.8 Å². The second-order valence-electron chi connectivity index (χ2n) is 9.50. The quantitative estimate of drug-likeness (QED) is 0.399. The van der Waals surface area contributed by atoms with Gasteiger partial charge < -0.3 is 14.2 Å². The maximum atomic E-state index is 12.7. The lowest BCUT2D eigenvalue weighted by Crippen LogP contribution is -2.44. The van der Waals surface area contributed by atoms with Crippen molar-refractivity contribution in [1.82, 2.24) is 4.90 Å². The number of nitrogens with zero attached hydrogens (tertiary/aromatic N) is 1. The third kappa shape index (κ3) is 5.48. The van der Waals surface area contributed by atoms with Gasteiger partial charge in [0, 0.05) is 12.1 Å². The van der Waals surface area contributed by atoms with Crippen LogP contribution in [0.15, 0.2) is 91.0 Å². The van der Waals surface area contributed by atoms with Crippen LogP contribution < -0.4 is 0 Å². The van der Waals surface area contributed by atoms with Crippen LogP contribution in [0.2, 0.25) is 0 Å². The van der Waals surface area contributed by atoms with Crippen LogP contribution in [0, 0.1) is 0 Å². The SMILES string of the molecule is C[C@H]1CC[C@H]2[C@H](OCc3ccccc3)[C@H](OCc3ccccc3)[C@@H](COC(=O)c3ccccc3)N12. The van der Waals surface area contributed by atoms with E-state index in [1.165, 1.54) is 0 Å². The Morgan fingerprint density at radius 1 is 0.771 bits per heavy atom. The summed E-state index contributed by atoms with van der Waals surface area (Å²) in [5.74, 6) is -0.301. The van der Waals surface area contributed by atoms with Crippen LogP contribution >= 0.6 is 0 Å². The van der Waals surface area contributed by atoms with Crippen LogP contribution in [0.3, 0.4) is 0 Å². The van der Waals surface area contributed by atoms with Gasteiger partial charge in [-0.15, -0.1) is 0 Å². The lowest BCUT2D eigenvalue weighted by molar-refractivity contribution is -0.0850. The van der Waals surface area contributed by atoms with Gasteiger partial charge >= 0.3 is 5.97 Å². The molecule has 0 amide bonds. The molecule has 5 heteroatoms. The molecular formula is C30H33NO4. The fraction of sp³-hybridized carbons (Fsp3) is 0.367. The number of benzene rings is 3. The van der Waals surface area contributed by atoms with Crippen molar-refractivity contribution in [1.29, 1.82) is 0 Å². The highest BCUT2D eigenvalue weighted by Gasteiger charge is 2.54. The predicted molar refractivity (Wildman–Crippen MR) is 135 cm³/mol. The van der Waals surface area contributed by atoms with E-state index >= 15 is 0 Å². The molecule has 0 aliphatic carbocycles. The second-order valence-corrected chi connectivity index (χ2v) is 9.50. The minimum Gasteiger partial charge on any atom is -0.460 e. The fourth-order valence-corrected chi connectivity index (χ4v) is 5.50. The van der Waals surface area contributed by atoms with E-state index < -0.39 is 0 Å². The van der Waals surface area contributed by atoms with E-state index in [1.54, 1.807) is 12.1 Å². The number of carbonyl (C=O) groups is 1. The van der Waals surface area contributed by atoms with E-state index in [2.05, 4.69) is 36.1 Å². The topological polar surface area (TPSA) is 48.0 Å². The number of fused-ring (bicyclic) bond motifs is 1. The molecule has 3 aromatic carbocycles. The number of hydrogen-bond acceptors (Lipinski definition) is 5. The molecule has 2 heterocycles. The summed E-state index contributed by atoms with van der Waals surface area (Å²) >= 11 is 0. The monoisotopic (exact) mass is 471 g/mol. The van der Waals surface area contributed by atoms with Crippen molar-refractivity contribution < 1.29 is 19.0 Å². The molecule has 2 saturated heterocycles. The molecule has 5 nitrogen and oxygen atoms in total. The molecule has 0 N–H and O–H groups in total. The fourth-order valence-electron chi connectivity index (χ4n) is 5.50. The first-order valence-corrected chi connectivity index (χ1v) is 12.5. The van der Waals surface area contributed by atoms with Crippen molar-refractivity contribution >= 4 is 5.97 Å². The summed E-state index contributed by atoms with van der Waals surface area (Å²) in [6, 6.07) is 30.2. The van der Waals surface area contributed by atoms with E-state index in [4.69, 9.17) is 14.2 Å². The van der Waals surface area contributed by atoms with Gasteiger partial charge in [0.1, 0.15) is 18.8 Å².